The Hall–Kier alpha value is -1.81. The molecule has 2 aromatic heterocycles. The Bertz CT molecular complexity index is 625. The third kappa shape index (κ3) is 3.17. The minimum atomic E-state index is -0.0293. The van der Waals surface area contributed by atoms with Crippen molar-refractivity contribution in [2.75, 3.05) is 13.1 Å². The third-order valence-electron chi connectivity index (χ3n) is 4.21. The molecule has 0 radical (unpaired) electrons. The topological polar surface area (TPSA) is 50.7 Å². The Morgan fingerprint density at radius 1 is 1.09 bits per heavy atom. The molecule has 0 saturated carbocycles. The molecule has 3 heterocycles. The molecule has 0 amide bonds. The number of hydrogen-bond donors (Lipinski definition) is 1. The van der Waals surface area contributed by atoms with Crippen molar-refractivity contribution in [1.29, 1.82) is 0 Å². The number of nitrogens with zero attached hydrogens (tertiary/aromatic N) is 3. The Morgan fingerprint density at radius 2 is 1.77 bits per heavy atom. The molecule has 2 aromatic rings. The van der Waals surface area contributed by atoms with Gasteiger partial charge in [0.1, 0.15) is 5.82 Å². The second-order valence-corrected chi connectivity index (χ2v) is 7.00. The van der Waals surface area contributed by atoms with Crippen LogP contribution in [0.5, 0.6) is 0 Å². The lowest BCUT2D eigenvalue weighted by atomic mass is 9.88. The highest BCUT2D eigenvalue weighted by Gasteiger charge is 2.24. The maximum absolute atomic E-state index is 4.98. The van der Waals surface area contributed by atoms with Crippen molar-refractivity contribution in [3.05, 3.63) is 42.2 Å². The number of aromatic nitrogens is 3. The third-order valence-corrected chi connectivity index (χ3v) is 4.21. The van der Waals surface area contributed by atoms with E-state index in [4.69, 9.17) is 4.98 Å². The molecule has 116 valence electrons. The summed E-state index contributed by atoms with van der Waals surface area (Å²) >= 11 is 0. The predicted molar refractivity (Wildman–Crippen MR) is 88.8 cm³/mol. The van der Waals surface area contributed by atoms with Gasteiger partial charge in [-0.3, -0.25) is 4.98 Å². The summed E-state index contributed by atoms with van der Waals surface area (Å²) in [4.78, 5) is 13.7. The van der Waals surface area contributed by atoms with Crippen molar-refractivity contribution >= 4 is 0 Å². The molecule has 0 unspecified atom stereocenters. The van der Waals surface area contributed by atoms with Gasteiger partial charge in [0.15, 0.2) is 0 Å². The first-order valence-corrected chi connectivity index (χ1v) is 8.04. The van der Waals surface area contributed by atoms with Gasteiger partial charge in [0.2, 0.25) is 0 Å². The van der Waals surface area contributed by atoms with Gasteiger partial charge in [0, 0.05) is 35.5 Å². The molecule has 0 atom stereocenters. The lowest BCUT2D eigenvalue weighted by Gasteiger charge is -2.26. The molecule has 0 aliphatic carbocycles. The SMILES string of the molecule is CC(C)(C)c1ncc(-c2ccncc2)c(C2CCNCC2)n1. The quantitative estimate of drug-likeness (QED) is 0.924. The van der Waals surface area contributed by atoms with E-state index in [9.17, 15) is 0 Å². The zero-order chi connectivity index (χ0) is 15.6. The minimum Gasteiger partial charge on any atom is -0.317 e. The Kier molecular flexibility index (Phi) is 4.21. The fourth-order valence-electron chi connectivity index (χ4n) is 2.92. The van der Waals surface area contributed by atoms with Crippen LogP contribution in [0.1, 0.15) is 51.0 Å². The highest BCUT2D eigenvalue weighted by Crippen LogP contribution is 2.33. The summed E-state index contributed by atoms with van der Waals surface area (Å²) in [7, 11) is 0. The van der Waals surface area contributed by atoms with Gasteiger partial charge >= 0.3 is 0 Å². The monoisotopic (exact) mass is 296 g/mol. The van der Waals surface area contributed by atoms with Crippen molar-refractivity contribution < 1.29 is 0 Å². The van der Waals surface area contributed by atoms with Crippen LogP contribution in [0.4, 0.5) is 0 Å². The van der Waals surface area contributed by atoms with Crippen molar-refractivity contribution in [2.24, 2.45) is 0 Å². The van der Waals surface area contributed by atoms with E-state index >= 15 is 0 Å². The first-order chi connectivity index (χ1) is 10.6. The van der Waals surface area contributed by atoms with E-state index < -0.39 is 0 Å². The zero-order valence-electron chi connectivity index (χ0n) is 13.6. The molecule has 1 aliphatic rings. The smallest absolute Gasteiger partial charge is 0.133 e. The molecule has 0 spiro atoms. The van der Waals surface area contributed by atoms with Gasteiger partial charge < -0.3 is 5.32 Å². The molecule has 1 N–H and O–H groups in total. The number of piperidine rings is 1. The Balaban J connectivity index is 2.08. The lowest BCUT2D eigenvalue weighted by molar-refractivity contribution is 0.447. The van der Waals surface area contributed by atoms with Gasteiger partial charge in [-0.15, -0.1) is 0 Å². The lowest BCUT2D eigenvalue weighted by Crippen LogP contribution is -2.28. The van der Waals surface area contributed by atoms with Gasteiger partial charge in [0.05, 0.1) is 5.69 Å². The van der Waals surface area contributed by atoms with Gasteiger partial charge in [0.25, 0.3) is 0 Å². The van der Waals surface area contributed by atoms with Crippen LogP contribution in [0.3, 0.4) is 0 Å². The summed E-state index contributed by atoms with van der Waals surface area (Å²) in [6.45, 7) is 8.63. The summed E-state index contributed by atoms with van der Waals surface area (Å²) < 4.78 is 0. The van der Waals surface area contributed by atoms with E-state index in [1.54, 1.807) is 0 Å². The minimum absolute atomic E-state index is 0.0293. The van der Waals surface area contributed by atoms with Crippen LogP contribution in [0.2, 0.25) is 0 Å². The molecule has 3 rings (SSSR count). The van der Waals surface area contributed by atoms with Crippen molar-refractivity contribution in [3.63, 3.8) is 0 Å². The Morgan fingerprint density at radius 3 is 2.41 bits per heavy atom. The van der Waals surface area contributed by atoms with Gasteiger partial charge in [-0.1, -0.05) is 20.8 Å². The first-order valence-electron chi connectivity index (χ1n) is 8.04. The molecule has 1 fully saturated rings. The summed E-state index contributed by atoms with van der Waals surface area (Å²) in [5.74, 6) is 1.44. The van der Waals surface area contributed by atoms with Crippen LogP contribution in [0.25, 0.3) is 11.1 Å². The largest absolute Gasteiger partial charge is 0.317 e. The zero-order valence-corrected chi connectivity index (χ0v) is 13.6. The fraction of sp³-hybridized carbons (Fsp3) is 0.500. The van der Waals surface area contributed by atoms with Crippen molar-refractivity contribution in [2.45, 2.75) is 44.9 Å². The van der Waals surface area contributed by atoms with Crippen LogP contribution in [-0.2, 0) is 5.41 Å². The molecular weight excluding hydrogens is 272 g/mol. The van der Waals surface area contributed by atoms with Crippen LogP contribution in [-0.4, -0.2) is 28.0 Å². The molecule has 4 heteroatoms. The molecule has 1 aliphatic heterocycles. The first kappa shape index (κ1) is 15.1. The number of rotatable bonds is 2. The number of pyridine rings is 1. The average molecular weight is 296 g/mol. The van der Waals surface area contributed by atoms with E-state index in [2.05, 4.69) is 36.1 Å². The Labute approximate surface area is 132 Å². The van der Waals surface area contributed by atoms with Gasteiger partial charge in [-0.05, 0) is 43.6 Å². The van der Waals surface area contributed by atoms with Crippen LogP contribution in [0.15, 0.2) is 30.7 Å². The number of nitrogens with one attached hydrogen (secondary N) is 1. The summed E-state index contributed by atoms with van der Waals surface area (Å²) in [5.41, 5.74) is 3.48. The van der Waals surface area contributed by atoms with E-state index in [-0.39, 0.29) is 5.41 Å². The molecule has 0 aromatic carbocycles. The van der Waals surface area contributed by atoms with Gasteiger partial charge in [-0.25, -0.2) is 9.97 Å². The van der Waals surface area contributed by atoms with E-state index in [1.165, 1.54) is 5.69 Å². The van der Waals surface area contributed by atoms with E-state index in [1.807, 2.05) is 30.7 Å². The number of hydrogen-bond acceptors (Lipinski definition) is 4. The standard InChI is InChI=1S/C18H24N4/c1-18(2,3)17-21-12-15(13-4-8-19-9-5-13)16(22-17)14-6-10-20-11-7-14/h4-5,8-9,12,14,20H,6-7,10-11H2,1-3H3. The van der Waals surface area contributed by atoms with Crippen LogP contribution < -0.4 is 5.32 Å². The van der Waals surface area contributed by atoms with Crippen molar-refractivity contribution in [3.8, 4) is 11.1 Å². The highest BCUT2D eigenvalue weighted by molar-refractivity contribution is 5.65. The normalized spacial score (nSPS) is 16.7. The van der Waals surface area contributed by atoms with Crippen molar-refractivity contribution in [1.82, 2.24) is 20.3 Å². The van der Waals surface area contributed by atoms with Crippen LogP contribution in [0, 0.1) is 0 Å². The van der Waals surface area contributed by atoms with E-state index in [0.29, 0.717) is 5.92 Å². The summed E-state index contributed by atoms with van der Waals surface area (Å²) in [6, 6.07) is 4.08. The molecule has 0 bridgehead atoms. The summed E-state index contributed by atoms with van der Waals surface area (Å²) in [5, 5.41) is 3.44. The van der Waals surface area contributed by atoms with Gasteiger partial charge in [-0.2, -0.15) is 0 Å². The molecule has 4 nitrogen and oxygen atoms in total. The second kappa shape index (κ2) is 6.13. The maximum atomic E-state index is 4.98. The molecule has 1 saturated heterocycles. The molecular formula is C18H24N4. The summed E-state index contributed by atoms with van der Waals surface area (Å²) in [6.07, 6.45) is 7.94. The van der Waals surface area contributed by atoms with E-state index in [0.717, 1.165) is 42.9 Å². The van der Waals surface area contributed by atoms with Crippen LogP contribution >= 0.6 is 0 Å². The fourth-order valence-corrected chi connectivity index (χ4v) is 2.92. The second-order valence-electron chi connectivity index (χ2n) is 7.00. The molecule has 22 heavy (non-hydrogen) atoms. The average Bonchev–Trinajstić information content (AvgIpc) is 2.55. The predicted octanol–water partition coefficient (Wildman–Crippen LogP) is 3.30. The maximum Gasteiger partial charge on any atom is 0.133 e. The highest BCUT2D eigenvalue weighted by atomic mass is 14.9.